The van der Waals surface area contributed by atoms with Crippen molar-refractivity contribution >= 4 is 5.91 Å². The molecule has 0 fully saturated rings. The summed E-state index contributed by atoms with van der Waals surface area (Å²) in [4.78, 5) is 11.4. The molecule has 142 valence electrons. The van der Waals surface area contributed by atoms with E-state index < -0.39 is 0 Å². The second-order valence-corrected chi connectivity index (χ2v) is 6.66. The lowest BCUT2D eigenvalue weighted by atomic mass is 10.1. The van der Waals surface area contributed by atoms with Crippen LogP contribution in [0.4, 0.5) is 0 Å². The number of hydrogen-bond acceptors (Lipinski definition) is 3. The molecule has 0 radical (unpaired) electrons. The third-order valence-corrected chi connectivity index (χ3v) is 4.21. The van der Waals surface area contributed by atoms with Crippen LogP contribution in [-0.2, 0) is 4.79 Å². The van der Waals surface area contributed by atoms with Gasteiger partial charge in [0.25, 0.3) is 0 Å². The lowest BCUT2D eigenvalue weighted by Gasteiger charge is -2.07. The average Bonchev–Trinajstić information content (AvgIpc) is 2.58. The van der Waals surface area contributed by atoms with Crippen LogP contribution in [0.25, 0.3) is 0 Å². The Kier molecular flexibility index (Phi) is 17.8. The second kappa shape index (κ2) is 18.5. The van der Waals surface area contributed by atoms with E-state index in [-0.39, 0.29) is 12.0 Å². The fraction of sp³-hybridized carbons (Fsp3) is 0.850. The molecule has 0 aromatic heterocycles. The number of unbranched alkanes of at least 4 members (excludes halogenated alkanes) is 8. The quantitative estimate of drug-likeness (QED) is 0.276. The van der Waals surface area contributed by atoms with Gasteiger partial charge >= 0.3 is 0 Å². The summed E-state index contributed by atoms with van der Waals surface area (Å²) in [5, 5.41) is 12.6. The normalized spacial score (nSPS) is 12.6. The number of nitrogens with two attached hydrogens (primary N) is 1. The van der Waals surface area contributed by atoms with Gasteiger partial charge in [-0.3, -0.25) is 4.79 Å². The van der Waals surface area contributed by atoms with Crippen LogP contribution in [0.5, 0.6) is 0 Å². The highest BCUT2D eigenvalue weighted by Crippen LogP contribution is 2.10. The average molecular weight is 341 g/mol. The zero-order valence-electron chi connectivity index (χ0n) is 15.8. The predicted molar refractivity (Wildman–Crippen MR) is 103 cm³/mol. The first-order valence-electron chi connectivity index (χ1n) is 10.0. The molecule has 24 heavy (non-hydrogen) atoms. The van der Waals surface area contributed by atoms with Gasteiger partial charge in [0.2, 0.25) is 5.91 Å². The van der Waals surface area contributed by atoms with Crippen molar-refractivity contribution in [2.24, 2.45) is 5.73 Å². The standard InChI is InChI=1S/C20H40N2O2/c1-2-3-4-11-14-19(23)15-12-9-7-5-6-8-10-13-16-20(24)22-18-17-21/h9,12,19,23H,2-8,10-11,13-18,21H2,1H3,(H,22,24). The van der Waals surface area contributed by atoms with Gasteiger partial charge in [0.05, 0.1) is 6.10 Å². The van der Waals surface area contributed by atoms with Gasteiger partial charge in [-0.15, -0.1) is 0 Å². The molecule has 0 aliphatic heterocycles. The number of nitrogens with one attached hydrogen (secondary N) is 1. The van der Waals surface area contributed by atoms with Crippen molar-refractivity contribution in [3.05, 3.63) is 12.2 Å². The third-order valence-electron chi connectivity index (χ3n) is 4.21. The third kappa shape index (κ3) is 17.5. The summed E-state index contributed by atoms with van der Waals surface area (Å²) in [5.41, 5.74) is 5.34. The summed E-state index contributed by atoms with van der Waals surface area (Å²) in [6.07, 6.45) is 18.2. The van der Waals surface area contributed by atoms with Gasteiger partial charge in [-0.25, -0.2) is 0 Å². The minimum atomic E-state index is -0.163. The fourth-order valence-corrected chi connectivity index (χ4v) is 2.67. The van der Waals surface area contributed by atoms with Crippen LogP contribution in [0.3, 0.4) is 0 Å². The Balaban J connectivity index is 3.30. The van der Waals surface area contributed by atoms with Crippen molar-refractivity contribution in [3.8, 4) is 0 Å². The number of carbonyl (C=O) groups excluding carboxylic acids is 1. The van der Waals surface area contributed by atoms with Gasteiger partial charge in [0, 0.05) is 19.5 Å². The number of aliphatic hydroxyl groups excluding tert-OH is 1. The molecule has 0 rings (SSSR count). The zero-order chi connectivity index (χ0) is 17.9. The molecule has 1 amide bonds. The smallest absolute Gasteiger partial charge is 0.220 e. The van der Waals surface area contributed by atoms with Crippen molar-refractivity contribution < 1.29 is 9.90 Å². The molecule has 0 heterocycles. The van der Waals surface area contributed by atoms with Gasteiger partial charge in [0.15, 0.2) is 0 Å². The van der Waals surface area contributed by atoms with Crippen LogP contribution < -0.4 is 11.1 Å². The molecule has 0 spiro atoms. The van der Waals surface area contributed by atoms with E-state index in [1.807, 2.05) is 0 Å². The van der Waals surface area contributed by atoms with Crippen LogP contribution in [-0.4, -0.2) is 30.2 Å². The Morgan fingerprint density at radius 3 is 2.50 bits per heavy atom. The number of aliphatic hydroxyl groups is 1. The maximum Gasteiger partial charge on any atom is 0.220 e. The van der Waals surface area contributed by atoms with Crippen molar-refractivity contribution in [1.82, 2.24) is 5.32 Å². The van der Waals surface area contributed by atoms with E-state index in [1.165, 1.54) is 38.5 Å². The summed E-state index contributed by atoms with van der Waals surface area (Å²) in [5.74, 6) is 0.122. The van der Waals surface area contributed by atoms with Crippen molar-refractivity contribution in [1.29, 1.82) is 0 Å². The van der Waals surface area contributed by atoms with Crippen LogP contribution in [0.2, 0.25) is 0 Å². The maximum atomic E-state index is 11.4. The van der Waals surface area contributed by atoms with E-state index >= 15 is 0 Å². The van der Waals surface area contributed by atoms with Crippen LogP contribution in [0, 0.1) is 0 Å². The number of amides is 1. The van der Waals surface area contributed by atoms with Crippen molar-refractivity contribution in [3.63, 3.8) is 0 Å². The van der Waals surface area contributed by atoms with E-state index in [2.05, 4.69) is 24.4 Å². The first-order valence-corrected chi connectivity index (χ1v) is 10.0. The van der Waals surface area contributed by atoms with Gasteiger partial charge in [-0.05, 0) is 32.1 Å². The number of hydrogen-bond donors (Lipinski definition) is 3. The van der Waals surface area contributed by atoms with Gasteiger partial charge in [-0.1, -0.05) is 64.0 Å². The number of rotatable bonds is 17. The zero-order valence-corrected chi connectivity index (χ0v) is 15.8. The summed E-state index contributed by atoms with van der Waals surface area (Å²) in [6, 6.07) is 0. The fourth-order valence-electron chi connectivity index (χ4n) is 2.67. The molecule has 4 nitrogen and oxygen atoms in total. The first kappa shape index (κ1) is 23.1. The molecule has 0 aromatic rings. The molecule has 0 aliphatic carbocycles. The second-order valence-electron chi connectivity index (χ2n) is 6.66. The molecule has 0 bridgehead atoms. The number of carbonyl (C=O) groups is 1. The maximum absolute atomic E-state index is 11.4. The van der Waals surface area contributed by atoms with E-state index in [9.17, 15) is 9.90 Å². The van der Waals surface area contributed by atoms with Crippen LogP contribution >= 0.6 is 0 Å². The summed E-state index contributed by atoms with van der Waals surface area (Å²) >= 11 is 0. The van der Waals surface area contributed by atoms with Gasteiger partial charge in [0.1, 0.15) is 0 Å². The summed E-state index contributed by atoms with van der Waals surface area (Å²) < 4.78 is 0. The van der Waals surface area contributed by atoms with E-state index in [1.54, 1.807) is 0 Å². The molecule has 0 saturated carbocycles. The molecule has 0 aromatic carbocycles. The Morgan fingerprint density at radius 2 is 1.75 bits per heavy atom. The van der Waals surface area contributed by atoms with Gasteiger partial charge in [-0.2, -0.15) is 0 Å². The van der Waals surface area contributed by atoms with Gasteiger partial charge < -0.3 is 16.2 Å². The minimum Gasteiger partial charge on any atom is -0.393 e. The Labute approximate surface area is 149 Å². The topological polar surface area (TPSA) is 75.3 Å². The highest BCUT2D eigenvalue weighted by atomic mass is 16.3. The highest BCUT2D eigenvalue weighted by Gasteiger charge is 2.01. The summed E-state index contributed by atoms with van der Waals surface area (Å²) in [6.45, 7) is 3.30. The monoisotopic (exact) mass is 340 g/mol. The van der Waals surface area contributed by atoms with E-state index in [0.717, 1.165) is 38.5 Å². The van der Waals surface area contributed by atoms with E-state index in [4.69, 9.17) is 5.73 Å². The van der Waals surface area contributed by atoms with Crippen molar-refractivity contribution in [2.45, 2.75) is 96.5 Å². The Morgan fingerprint density at radius 1 is 1.04 bits per heavy atom. The highest BCUT2D eigenvalue weighted by molar-refractivity contribution is 5.75. The summed E-state index contributed by atoms with van der Waals surface area (Å²) in [7, 11) is 0. The molecular weight excluding hydrogens is 300 g/mol. The van der Waals surface area contributed by atoms with Crippen molar-refractivity contribution in [2.75, 3.05) is 13.1 Å². The molecule has 1 unspecified atom stereocenters. The minimum absolute atomic E-state index is 0.122. The lowest BCUT2D eigenvalue weighted by Crippen LogP contribution is -2.28. The first-order chi connectivity index (χ1) is 11.7. The Hall–Kier alpha value is -0.870. The van der Waals surface area contributed by atoms with Crippen LogP contribution in [0.1, 0.15) is 90.4 Å². The largest absolute Gasteiger partial charge is 0.393 e. The number of allylic oxidation sites excluding steroid dienone is 1. The molecular formula is C20H40N2O2. The SMILES string of the molecule is CCCCCCC(O)CC=CCCCCCCCC(=O)NCCN. The molecule has 1 atom stereocenters. The van der Waals surface area contributed by atoms with Crippen LogP contribution in [0.15, 0.2) is 12.2 Å². The molecule has 0 aliphatic rings. The molecule has 4 N–H and O–H groups in total. The Bertz CT molecular complexity index is 306. The molecule has 4 heteroatoms. The molecule has 0 saturated heterocycles. The van der Waals surface area contributed by atoms with E-state index in [0.29, 0.717) is 19.5 Å². The lowest BCUT2D eigenvalue weighted by molar-refractivity contribution is -0.121. The predicted octanol–water partition coefficient (Wildman–Crippen LogP) is 4.07.